The van der Waals surface area contributed by atoms with E-state index in [1.54, 1.807) is 6.92 Å². The van der Waals surface area contributed by atoms with Crippen LogP contribution in [0.5, 0.6) is 5.75 Å². The summed E-state index contributed by atoms with van der Waals surface area (Å²) in [5, 5.41) is 10.4. The second-order valence-corrected chi connectivity index (χ2v) is 6.84. The number of benzene rings is 1. The van der Waals surface area contributed by atoms with Gasteiger partial charge in [0.15, 0.2) is 15.6 Å². The van der Waals surface area contributed by atoms with Crippen molar-refractivity contribution in [2.45, 2.75) is 30.4 Å². The summed E-state index contributed by atoms with van der Waals surface area (Å²) < 4.78 is 29.9. The molecule has 112 valence electrons. The van der Waals surface area contributed by atoms with E-state index >= 15 is 0 Å². The predicted octanol–water partition coefficient (Wildman–Crippen LogP) is 2.78. The van der Waals surface area contributed by atoms with Crippen LogP contribution in [0.4, 0.5) is 5.69 Å². The van der Waals surface area contributed by atoms with Crippen molar-refractivity contribution in [2.24, 2.45) is 0 Å². The number of halogens is 1. The van der Waals surface area contributed by atoms with Crippen molar-refractivity contribution in [2.75, 3.05) is 12.5 Å². The number of para-hydroxylation sites is 1. The number of alkyl halides is 1. The Bertz CT molecular complexity index is 588. The molecule has 0 radical (unpaired) electrons. The Balaban J connectivity index is 3.45. The molecule has 0 aliphatic rings. The quantitative estimate of drug-likeness (QED) is 0.438. The summed E-state index contributed by atoms with van der Waals surface area (Å²) in [4.78, 5) is 10.1. The molecule has 1 unspecified atom stereocenters. The highest BCUT2D eigenvalue weighted by molar-refractivity contribution is 7.92. The van der Waals surface area contributed by atoms with Crippen LogP contribution in [0.15, 0.2) is 23.1 Å². The van der Waals surface area contributed by atoms with Crippen molar-refractivity contribution >= 4 is 27.1 Å². The lowest BCUT2D eigenvalue weighted by atomic mass is 10.3. The number of nitro groups is 1. The third kappa shape index (κ3) is 3.40. The summed E-state index contributed by atoms with van der Waals surface area (Å²) in [6, 6.07) is 4.03. The smallest absolute Gasteiger partial charge is 0.329 e. The van der Waals surface area contributed by atoms with Gasteiger partial charge in [-0.2, -0.15) is 0 Å². The highest BCUT2D eigenvalue weighted by atomic mass is 35.5. The molecule has 8 heteroatoms. The molecule has 0 aliphatic carbocycles. The third-order valence-electron chi connectivity index (χ3n) is 2.80. The normalized spacial score (nSPS) is 12.9. The van der Waals surface area contributed by atoms with Crippen LogP contribution in [0.3, 0.4) is 0 Å². The lowest BCUT2D eigenvalue weighted by molar-refractivity contribution is -0.388. The van der Waals surface area contributed by atoms with Gasteiger partial charge >= 0.3 is 5.69 Å². The van der Waals surface area contributed by atoms with Crippen LogP contribution in [0, 0.1) is 10.1 Å². The number of ether oxygens (including phenoxy) is 1. The number of nitrogens with zero attached hydrogens (tertiary/aromatic N) is 1. The van der Waals surface area contributed by atoms with Crippen molar-refractivity contribution in [1.82, 2.24) is 0 Å². The standard InChI is InChI=1S/C12H16ClNO5S/c1-3-19-10-5-4-6-11(12(10)14(15)16)20(17,18)9(2)7-8-13/h4-6,9H,3,7-8H2,1-2H3. The molecule has 0 spiro atoms. The minimum Gasteiger partial charge on any atom is -0.487 e. The van der Waals surface area contributed by atoms with Gasteiger partial charge in [0.2, 0.25) is 0 Å². The lowest BCUT2D eigenvalue weighted by Gasteiger charge is -2.13. The largest absolute Gasteiger partial charge is 0.487 e. The van der Waals surface area contributed by atoms with Crippen LogP contribution in [-0.4, -0.2) is 31.1 Å². The highest BCUT2D eigenvalue weighted by Gasteiger charge is 2.33. The summed E-state index contributed by atoms with van der Waals surface area (Å²) in [5.74, 6) is 0.121. The lowest BCUT2D eigenvalue weighted by Crippen LogP contribution is -2.20. The van der Waals surface area contributed by atoms with E-state index in [-0.39, 0.29) is 29.6 Å². The first kappa shape index (κ1) is 16.7. The van der Waals surface area contributed by atoms with Crippen LogP contribution in [0.1, 0.15) is 20.3 Å². The number of nitro benzene ring substituents is 1. The Hall–Kier alpha value is -1.34. The van der Waals surface area contributed by atoms with Crippen molar-refractivity contribution in [3.05, 3.63) is 28.3 Å². The SMILES string of the molecule is CCOc1cccc(S(=O)(=O)C(C)CCCl)c1[N+](=O)[O-]. The molecule has 0 saturated carbocycles. The van der Waals surface area contributed by atoms with Crippen LogP contribution < -0.4 is 4.74 Å². The molecule has 0 aromatic heterocycles. The average Bonchev–Trinajstić information content (AvgIpc) is 2.38. The molecule has 0 aliphatic heterocycles. The molecular formula is C12H16ClNO5S. The molecule has 6 nitrogen and oxygen atoms in total. The molecule has 1 rings (SSSR count). The molecule has 0 saturated heterocycles. The number of sulfone groups is 1. The third-order valence-corrected chi connectivity index (χ3v) is 5.25. The van der Waals surface area contributed by atoms with E-state index in [4.69, 9.17) is 16.3 Å². The Labute approximate surface area is 122 Å². The summed E-state index contributed by atoms with van der Waals surface area (Å²) in [6.45, 7) is 3.36. The zero-order valence-corrected chi connectivity index (χ0v) is 12.8. The van der Waals surface area contributed by atoms with Crippen LogP contribution in [0.2, 0.25) is 0 Å². The van der Waals surface area contributed by atoms with Crippen molar-refractivity contribution < 1.29 is 18.1 Å². The Morgan fingerprint density at radius 2 is 2.10 bits per heavy atom. The van der Waals surface area contributed by atoms with Crippen LogP contribution in [0.25, 0.3) is 0 Å². The summed E-state index contributed by atoms with van der Waals surface area (Å²) in [6.07, 6.45) is 0.222. The summed E-state index contributed by atoms with van der Waals surface area (Å²) in [5.41, 5.74) is -0.518. The van der Waals surface area contributed by atoms with Gasteiger partial charge in [0.1, 0.15) is 4.90 Å². The number of rotatable bonds is 7. The topological polar surface area (TPSA) is 86.5 Å². The molecule has 0 bridgehead atoms. The van der Waals surface area contributed by atoms with Crippen molar-refractivity contribution in [3.8, 4) is 5.75 Å². The van der Waals surface area contributed by atoms with Gasteiger partial charge in [-0.25, -0.2) is 8.42 Å². The molecule has 1 aromatic rings. The Morgan fingerprint density at radius 3 is 2.60 bits per heavy atom. The molecule has 0 amide bonds. The monoisotopic (exact) mass is 321 g/mol. The van der Waals surface area contributed by atoms with E-state index < -0.39 is 25.7 Å². The van der Waals surface area contributed by atoms with Crippen molar-refractivity contribution in [1.29, 1.82) is 0 Å². The second-order valence-electron chi connectivity index (χ2n) is 4.13. The number of hydrogen-bond acceptors (Lipinski definition) is 5. The Kier molecular flexibility index (Phi) is 5.76. The minimum atomic E-state index is -3.82. The Morgan fingerprint density at radius 1 is 1.45 bits per heavy atom. The second kappa shape index (κ2) is 6.90. The van der Waals surface area contributed by atoms with E-state index in [9.17, 15) is 18.5 Å². The zero-order chi connectivity index (χ0) is 15.3. The average molecular weight is 322 g/mol. The molecule has 0 fully saturated rings. The number of hydrogen-bond donors (Lipinski definition) is 0. The maximum atomic E-state index is 12.4. The van der Waals surface area contributed by atoms with E-state index in [1.165, 1.54) is 25.1 Å². The maximum absolute atomic E-state index is 12.4. The van der Waals surface area contributed by atoms with Gasteiger partial charge in [-0.3, -0.25) is 10.1 Å². The molecule has 20 heavy (non-hydrogen) atoms. The fraction of sp³-hybridized carbons (Fsp3) is 0.500. The van der Waals surface area contributed by atoms with E-state index in [1.807, 2.05) is 0 Å². The fourth-order valence-electron chi connectivity index (χ4n) is 1.71. The van der Waals surface area contributed by atoms with Crippen LogP contribution >= 0.6 is 11.6 Å². The maximum Gasteiger partial charge on any atom is 0.329 e. The van der Waals surface area contributed by atoms with Gasteiger partial charge in [0.25, 0.3) is 0 Å². The minimum absolute atomic E-state index is 0.0448. The van der Waals surface area contributed by atoms with Crippen LogP contribution in [-0.2, 0) is 9.84 Å². The van der Waals surface area contributed by atoms with Gasteiger partial charge in [-0.05, 0) is 32.4 Å². The summed E-state index contributed by atoms with van der Waals surface area (Å²) in [7, 11) is -3.82. The summed E-state index contributed by atoms with van der Waals surface area (Å²) >= 11 is 5.55. The van der Waals surface area contributed by atoms with Gasteiger partial charge in [0.05, 0.1) is 16.8 Å². The zero-order valence-electron chi connectivity index (χ0n) is 11.2. The first-order valence-corrected chi connectivity index (χ1v) is 8.14. The molecule has 1 atom stereocenters. The molecule has 0 N–H and O–H groups in total. The van der Waals surface area contributed by atoms with E-state index in [0.717, 1.165) is 0 Å². The fourth-order valence-corrected chi connectivity index (χ4v) is 3.74. The molecule has 0 heterocycles. The van der Waals surface area contributed by atoms with Gasteiger partial charge < -0.3 is 4.74 Å². The first-order valence-electron chi connectivity index (χ1n) is 6.06. The first-order chi connectivity index (χ1) is 9.36. The van der Waals surface area contributed by atoms with E-state index in [0.29, 0.717) is 0 Å². The predicted molar refractivity (Wildman–Crippen MR) is 76.3 cm³/mol. The van der Waals surface area contributed by atoms with Crippen molar-refractivity contribution in [3.63, 3.8) is 0 Å². The van der Waals surface area contributed by atoms with E-state index in [2.05, 4.69) is 0 Å². The molecular weight excluding hydrogens is 306 g/mol. The molecule has 1 aromatic carbocycles. The van der Waals surface area contributed by atoms with Gasteiger partial charge in [0, 0.05) is 5.88 Å². The highest BCUT2D eigenvalue weighted by Crippen LogP contribution is 2.36. The van der Waals surface area contributed by atoms with Gasteiger partial charge in [-0.1, -0.05) is 6.07 Å². The van der Waals surface area contributed by atoms with Gasteiger partial charge in [-0.15, -0.1) is 11.6 Å².